The molecule has 2 fully saturated rings. The van der Waals surface area contributed by atoms with E-state index in [4.69, 9.17) is 0 Å². The molecule has 0 aromatic rings. The minimum atomic E-state index is 0. The van der Waals surface area contributed by atoms with Crippen molar-refractivity contribution in [2.45, 2.75) is 25.7 Å². The van der Waals surface area contributed by atoms with E-state index in [1.807, 2.05) is 0 Å². The van der Waals surface area contributed by atoms with Crippen molar-refractivity contribution in [3.8, 4) is 0 Å². The second-order valence-corrected chi connectivity index (χ2v) is 6.04. The largest absolute Gasteiger partial charge is 0.342 e. The number of rotatable bonds is 3. The van der Waals surface area contributed by atoms with Crippen molar-refractivity contribution in [3.05, 3.63) is 0 Å². The van der Waals surface area contributed by atoms with Crippen molar-refractivity contribution in [2.24, 2.45) is 5.41 Å². The van der Waals surface area contributed by atoms with Crippen LogP contribution in [0.25, 0.3) is 0 Å². The lowest BCUT2D eigenvalue weighted by Gasteiger charge is -2.33. The molecule has 0 aromatic heterocycles. The first-order valence-electron chi connectivity index (χ1n) is 6.23. The molecule has 1 spiro atoms. The third-order valence-electron chi connectivity index (χ3n) is 3.98. The summed E-state index contributed by atoms with van der Waals surface area (Å²) in [6.07, 6.45) is 6.50. The summed E-state index contributed by atoms with van der Waals surface area (Å²) >= 11 is 1.76. The number of likely N-dealkylation sites (tertiary alicyclic amines) is 1. The van der Waals surface area contributed by atoms with Crippen molar-refractivity contribution < 1.29 is 4.79 Å². The lowest BCUT2D eigenvalue weighted by Crippen LogP contribution is -2.39. The zero-order valence-electron chi connectivity index (χ0n) is 10.5. The number of nitrogens with zero attached hydrogens (tertiary/aromatic N) is 1. The maximum absolute atomic E-state index is 11.9. The average Bonchev–Trinajstić information content (AvgIpc) is 2.71. The highest BCUT2D eigenvalue weighted by atomic mass is 35.5. The van der Waals surface area contributed by atoms with E-state index >= 15 is 0 Å². The second kappa shape index (κ2) is 6.86. The number of hydrogen-bond donors (Lipinski definition) is 1. The Morgan fingerprint density at radius 3 is 2.71 bits per heavy atom. The number of carbonyl (C=O) groups excluding carboxylic acids is 1. The molecule has 0 saturated carbocycles. The number of thioether (sulfide) groups is 1. The molecule has 0 unspecified atom stereocenters. The van der Waals surface area contributed by atoms with Gasteiger partial charge in [0.05, 0.1) is 0 Å². The molecule has 1 N–H and O–H groups in total. The minimum absolute atomic E-state index is 0. The summed E-state index contributed by atoms with van der Waals surface area (Å²) in [4.78, 5) is 14.0. The summed E-state index contributed by atoms with van der Waals surface area (Å²) in [5, 5.41) is 3.41. The zero-order chi connectivity index (χ0) is 11.4. The van der Waals surface area contributed by atoms with Gasteiger partial charge in [0, 0.05) is 25.3 Å². The normalized spacial score (nSPS) is 22.5. The van der Waals surface area contributed by atoms with Crippen LogP contribution in [0.15, 0.2) is 0 Å². The number of halogens is 1. The van der Waals surface area contributed by atoms with Crippen LogP contribution in [0.3, 0.4) is 0 Å². The van der Waals surface area contributed by atoms with E-state index in [-0.39, 0.29) is 12.4 Å². The number of hydrogen-bond acceptors (Lipinski definition) is 3. The number of nitrogens with one attached hydrogen (secondary N) is 1. The quantitative estimate of drug-likeness (QED) is 0.854. The van der Waals surface area contributed by atoms with Gasteiger partial charge >= 0.3 is 0 Å². The molecule has 2 saturated heterocycles. The van der Waals surface area contributed by atoms with Gasteiger partial charge in [-0.15, -0.1) is 12.4 Å². The first kappa shape index (κ1) is 15.1. The Kier molecular flexibility index (Phi) is 6.10. The highest BCUT2D eigenvalue weighted by Gasteiger charge is 2.40. The summed E-state index contributed by atoms with van der Waals surface area (Å²) in [5.74, 6) is 1.33. The molecule has 0 aromatic carbocycles. The van der Waals surface area contributed by atoms with Crippen LogP contribution in [0.4, 0.5) is 0 Å². The first-order chi connectivity index (χ1) is 7.76. The summed E-state index contributed by atoms with van der Waals surface area (Å²) in [7, 11) is 0. The van der Waals surface area contributed by atoms with Crippen LogP contribution in [0.1, 0.15) is 25.7 Å². The summed E-state index contributed by atoms with van der Waals surface area (Å²) in [5.41, 5.74) is 0.459. The van der Waals surface area contributed by atoms with Crippen LogP contribution in [0.5, 0.6) is 0 Å². The Bertz CT molecular complexity index is 257. The van der Waals surface area contributed by atoms with E-state index in [0.717, 1.165) is 38.4 Å². The van der Waals surface area contributed by atoms with E-state index in [2.05, 4.69) is 16.5 Å². The Morgan fingerprint density at radius 2 is 2.06 bits per heavy atom. The second-order valence-electron chi connectivity index (χ2n) is 5.06. The van der Waals surface area contributed by atoms with Gasteiger partial charge in [0.2, 0.25) is 5.91 Å². The van der Waals surface area contributed by atoms with Crippen LogP contribution < -0.4 is 5.32 Å². The minimum Gasteiger partial charge on any atom is -0.342 e. The molecule has 0 bridgehead atoms. The Morgan fingerprint density at radius 1 is 1.35 bits per heavy atom. The van der Waals surface area contributed by atoms with Crippen molar-refractivity contribution in [3.63, 3.8) is 0 Å². The van der Waals surface area contributed by atoms with Crippen LogP contribution in [0, 0.1) is 5.41 Å². The number of amides is 1. The fourth-order valence-corrected chi connectivity index (χ4v) is 3.24. The lowest BCUT2D eigenvalue weighted by atomic mass is 9.78. The first-order valence-corrected chi connectivity index (χ1v) is 7.63. The molecule has 2 aliphatic heterocycles. The van der Waals surface area contributed by atoms with Crippen molar-refractivity contribution in [1.82, 2.24) is 10.2 Å². The Balaban J connectivity index is 0.00000144. The highest BCUT2D eigenvalue weighted by molar-refractivity contribution is 7.98. The standard InChI is InChI=1S/C12H22N2OS.ClH/c1-16-9-2-11(15)14-8-5-12(10-14)3-6-13-7-4-12;/h13H,2-10H2,1H3;1H. The van der Waals surface area contributed by atoms with Gasteiger partial charge in [0.25, 0.3) is 0 Å². The molecule has 0 radical (unpaired) electrons. The fourth-order valence-electron chi connectivity index (χ4n) is 2.86. The van der Waals surface area contributed by atoms with E-state index in [1.54, 1.807) is 11.8 Å². The topological polar surface area (TPSA) is 32.3 Å². The van der Waals surface area contributed by atoms with Crippen molar-refractivity contribution >= 4 is 30.1 Å². The third-order valence-corrected chi connectivity index (χ3v) is 4.59. The molecular formula is C12H23ClN2OS. The molecule has 3 nitrogen and oxygen atoms in total. The SMILES string of the molecule is CSCCC(=O)N1CCC2(CCNCC2)C1.Cl. The Hall–Kier alpha value is 0.0700. The monoisotopic (exact) mass is 278 g/mol. The number of carbonyl (C=O) groups is 1. The lowest BCUT2D eigenvalue weighted by molar-refractivity contribution is -0.130. The fraction of sp³-hybridized carbons (Fsp3) is 0.917. The summed E-state index contributed by atoms with van der Waals surface area (Å²) < 4.78 is 0. The molecule has 100 valence electrons. The number of piperidine rings is 1. The van der Waals surface area contributed by atoms with E-state index in [9.17, 15) is 4.79 Å². The molecule has 2 aliphatic rings. The third kappa shape index (κ3) is 3.76. The molecule has 17 heavy (non-hydrogen) atoms. The molecule has 0 atom stereocenters. The van der Waals surface area contributed by atoms with Gasteiger partial charge in [-0.25, -0.2) is 0 Å². The molecule has 1 amide bonds. The maximum Gasteiger partial charge on any atom is 0.223 e. The van der Waals surface area contributed by atoms with Gasteiger partial charge in [-0.2, -0.15) is 11.8 Å². The molecule has 2 rings (SSSR count). The molecule has 2 heterocycles. The van der Waals surface area contributed by atoms with E-state index < -0.39 is 0 Å². The van der Waals surface area contributed by atoms with Gasteiger partial charge in [-0.05, 0) is 44.0 Å². The van der Waals surface area contributed by atoms with Gasteiger partial charge in [-0.3, -0.25) is 4.79 Å². The van der Waals surface area contributed by atoms with Crippen LogP contribution in [-0.4, -0.2) is 49.0 Å². The highest BCUT2D eigenvalue weighted by Crippen LogP contribution is 2.38. The molecule has 5 heteroatoms. The maximum atomic E-state index is 11.9. The smallest absolute Gasteiger partial charge is 0.223 e. The molecular weight excluding hydrogens is 256 g/mol. The van der Waals surface area contributed by atoms with Gasteiger partial charge in [-0.1, -0.05) is 0 Å². The Labute approximate surface area is 114 Å². The van der Waals surface area contributed by atoms with Gasteiger partial charge in [0.1, 0.15) is 0 Å². The molecule has 0 aliphatic carbocycles. The van der Waals surface area contributed by atoms with Crippen molar-refractivity contribution in [2.75, 3.05) is 38.2 Å². The van der Waals surface area contributed by atoms with E-state index in [0.29, 0.717) is 11.3 Å². The zero-order valence-corrected chi connectivity index (χ0v) is 12.2. The van der Waals surface area contributed by atoms with Gasteiger partial charge < -0.3 is 10.2 Å². The van der Waals surface area contributed by atoms with Crippen LogP contribution in [-0.2, 0) is 4.79 Å². The predicted octanol–water partition coefficient (Wildman–Crippen LogP) is 1.76. The average molecular weight is 279 g/mol. The van der Waals surface area contributed by atoms with Gasteiger partial charge in [0.15, 0.2) is 0 Å². The van der Waals surface area contributed by atoms with Crippen LogP contribution >= 0.6 is 24.2 Å². The predicted molar refractivity (Wildman–Crippen MR) is 76.0 cm³/mol. The van der Waals surface area contributed by atoms with Crippen molar-refractivity contribution in [1.29, 1.82) is 0 Å². The van der Waals surface area contributed by atoms with Crippen LogP contribution in [0.2, 0.25) is 0 Å². The van der Waals surface area contributed by atoms with E-state index in [1.165, 1.54) is 19.3 Å². The summed E-state index contributed by atoms with van der Waals surface area (Å²) in [6, 6.07) is 0. The summed E-state index contributed by atoms with van der Waals surface area (Å²) in [6.45, 7) is 4.27.